The summed E-state index contributed by atoms with van der Waals surface area (Å²) in [6.45, 7) is 8.80. The van der Waals surface area contributed by atoms with E-state index in [1.54, 1.807) is 0 Å². The molecule has 258 valence electrons. The number of nitrogens with zero attached hydrogens (tertiary/aromatic N) is 2. The second kappa shape index (κ2) is 11.5. The molecule has 1 aliphatic heterocycles. The molecule has 0 saturated heterocycles. The lowest BCUT2D eigenvalue weighted by molar-refractivity contribution is 1.14. The van der Waals surface area contributed by atoms with Gasteiger partial charge in [0.05, 0.1) is 26.9 Å². The maximum absolute atomic E-state index is 2.84. The van der Waals surface area contributed by atoms with E-state index in [-0.39, 0.29) is 0 Å². The lowest BCUT2D eigenvalue weighted by Crippen LogP contribution is -2.72. The van der Waals surface area contributed by atoms with Crippen LogP contribution in [0.2, 0.25) is 0 Å². The van der Waals surface area contributed by atoms with Gasteiger partial charge in [-0.3, -0.25) is 0 Å². The van der Waals surface area contributed by atoms with E-state index >= 15 is 0 Å². The van der Waals surface area contributed by atoms with Crippen LogP contribution in [-0.2, 0) is 0 Å². The van der Waals surface area contributed by atoms with E-state index in [4.69, 9.17) is 0 Å². The van der Waals surface area contributed by atoms with Gasteiger partial charge in [0.25, 0.3) is 0 Å². The van der Waals surface area contributed by atoms with Crippen molar-refractivity contribution in [3.8, 4) is 22.6 Å². The van der Waals surface area contributed by atoms with Gasteiger partial charge in [0, 0.05) is 32.2 Å². The van der Waals surface area contributed by atoms with Crippen LogP contribution in [0.4, 0.5) is 0 Å². The molecule has 0 fully saturated rings. The lowest BCUT2D eigenvalue weighted by atomic mass is 10.1. The summed E-state index contributed by atoms with van der Waals surface area (Å²) in [7, 11) is -2.84. The first kappa shape index (κ1) is 31.6. The highest BCUT2D eigenvalue weighted by Gasteiger charge is 2.52. The molecule has 0 atom stereocenters. The molecule has 7 aromatic carbocycles. The molecule has 4 heteroatoms. The highest BCUT2D eigenvalue weighted by atomic mass is 32.1. The van der Waals surface area contributed by atoms with E-state index in [0.717, 1.165) is 0 Å². The van der Waals surface area contributed by atoms with Crippen molar-refractivity contribution in [3.63, 3.8) is 0 Å². The third-order valence-electron chi connectivity index (χ3n) is 11.8. The minimum atomic E-state index is -2.84. The zero-order valence-electron chi connectivity index (χ0n) is 30.8. The van der Waals surface area contributed by atoms with Gasteiger partial charge in [-0.2, -0.15) is 0 Å². The van der Waals surface area contributed by atoms with Crippen LogP contribution in [0.25, 0.3) is 64.7 Å². The van der Waals surface area contributed by atoms with Gasteiger partial charge >= 0.3 is 0 Å². The summed E-state index contributed by atoms with van der Waals surface area (Å²) in [5, 5.41) is 9.75. The highest BCUT2D eigenvalue weighted by molar-refractivity contribution is 7.26. The summed E-state index contributed by atoms with van der Waals surface area (Å²) in [5.41, 5.74) is 14.0. The first-order valence-corrected chi connectivity index (χ1v) is 21.7. The van der Waals surface area contributed by atoms with Gasteiger partial charge in [-0.15, -0.1) is 11.3 Å². The van der Waals surface area contributed by atoms with Crippen LogP contribution in [0.1, 0.15) is 22.3 Å². The van der Waals surface area contributed by atoms with Crippen LogP contribution in [0.3, 0.4) is 0 Å². The van der Waals surface area contributed by atoms with Gasteiger partial charge in [-0.25, -0.2) is 0 Å². The van der Waals surface area contributed by atoms with Crippen molar-refractivity contribution >= 4 is 82.3 Å². The Hall–Kier alpha value is -5.94. The smallest absolute Gasteiger partial charge is 0.183 e. The number of fused-ring (bicyclic) bond motifs is 10. The molecule has 11 rings (SSSR count). The van der Waals surface area contributed by atoms with Gasteiger partial charge in [0.1, 0.15) is 0 Å². The van der Waals surface area contributed by atoms with Crippen LogP contribution in [0.5, 0.6) is 0 Å². The number of rotatable bonds is 4. The number of hydrogen-bond donors (Lipinski definition) is 0. The summed E-state index contributed by atoms with van der Waals surface area (Å²) in [6, 6.07) is 60.4. The number of thiophene rings is 1. The fourth-order valence-corrected chi connectivity index (χ4v) is 16.2. The van der Waals surface area contributed by atoms with Crippen LogP contribution >= 0.6 is 11.3 Å². The molecular formula is C50H38N2SSi. The molecule has 0 saturated carbocycles. The third-order valence-corrected chi connectivity index (χ3v) is 17.9. The highest BCUT2D eigenvalue weighted by Crippen LogP contribution is 2.46. The second-order valence-corrected chi connectivity index (χ2v) is 20.0. The molecule has 0 spiro atoms. The molecule has 54 heavy (non-hydrogen) atoms. The van der Waals surface area contributed by atoms with E-state index in [2.05, 4.69) is 195 Å². The van der Waals surface area contributed by atoms with E-state index in [1.165, 1.54) is 108 Å². The average molecular weight is 727 g/mol. The summed E-state index contributed by atoms with van der Waals surface area (Å²) in [5.74, 6) is 0. The van der Waals surface area contributed by atoms with Crippen LogP contribution in [0.15, 0.2) is 158 Å². The number of aromatic nitrogens is 2. The van der Waals surface area contributed by atoms with Gasteiger partial charge in [-0.1, -0.05) is 132 Å². The predicted octanol–water partition coefficient (Wildman–Crippen LogP) is 10.5. The summed E-state index contributed by atoms with van der Waals surface area (Å²) >= 11 is 1.93. The number of benzene rings is 7. The van der Waals surface area contributed by atoms with Gasteiger partial charge in [0.2, 0.25) is 0 Å². The minimum absolute atomic E-state index is 1.20. The monoisotopic (exact) mass is 726 g/mol. The average Bonchev–Trinajstić information content (AvgIpc) is 3.90. The summed E-state index contributed by atoms with van der Waals surface area (Å²) < 4.78 is 7.83. The van der Waals surface area contributed by atoms with E-state index in [9.17, 15) is 0 Å². The Morgan fingerprint density at radius 1 is 0.463 bits per heavy atom. The minimum Gasteiger partial charge on any atom is -0.309 e. The molecule has 0 N–H and O–H groups in total. The Kier molecular flexibility index (Phi) is 6.74. The standard InChI is InChI=1S/C50H38N2SSi/c1-31-15-21-35(22-16-31)51-43-30-42-44(29-41(43)49-47(51)39-25-19-33(3)27-45(39)53-49)52(36-23-17-32(2)18-24-36)48-40-26-20-34(4)28-46(40)54(50(42)48,37-11-7-5-8-12-37)38-13-9-6-10-14-38/h5-30H,1-4H3. The largest absolute Gasteiger partial charge is 0.309 e. The molecule has 0 unspecified atom stereocenters. The predicted molar refractivity (Wildman–Crippen MR) is 235 cm³/mol. The fraction of sp³-hybridized carbons (Fsp3) is 0.0800. The van der Waals surface area contributed by atoms with Gasteiger partial charge < -0.3 is 9.13 Å². The molecular weight excluding hydrogens is 689 g/mol. The van der Waals surface area contributed by atoms with Crippen molar-refractivity contribution in [1.82, 2.24) is 9.13 Å². The van der Waals surface area contributed by atoms with E-state index in [1.807, 2.05) is 11.3 Å². The molecule has 10 aromatic rings. The molecule has 0 radical (unpaired) electrons. The Labute approximate surface area is 320 Å². The van der Waals surface area contributed by atoms with Crippen molar-refractivity contribution in [1.29, 1.82) is 0 Å². The maximum Gasteiger partial charge on any atom is 0.183 e. The maximum atomic E-state index is 2.60. The van der Waals surface area contributed by atoms with Crippen LogP contribution in [0, 0.1) is 27.7 Å². The van der Waals surface area contributed by atoms with Crippen LogP contribution in [-0.4, -0.2) is 17.2 Å². The number of hydrogen-bond acceptors (Lipinski definition) is 1. The van der Waals surface area contributed by atoms with Gasteiger partial charge in [0.15, 0.2) is 8.07 Å². The zero-order chi connectivity index (χ0) is 36.3. The summed E-state index contributed by atoms with van der Waals surface area (Å²) in [4.78, 5) is 0. The van der Waals surface area contributed by atoms with Crippen molar-refractivity contribution in [3.05, 3.63) is 180 Å². The van der Waals surface area contributed by atoms with Crippen molar-refractivity contribution in [2.24, 2.45) is 0 Å². The Bertz CT molecular complexity index is 3070. The molecule has 0 amide bonds. The normalized spacial score (nSPS) is 13.3. The van der Waals surface area contributed by atoms with Crippen molar-refractivity contribution in [2.75, 3.05) is 0 Å². The SMILES string of the molecule is Cc1ccc(-n2c3c(c4cc5c(cc42)c2sc4cc(C)ccc4c2n5-c2ccc(C)cc2)[Si](c2ccccc2)(c2ccccc2)c2cc(C)ccc2-3)cc1. The molecule has 2 nitrogen and oxygen atoms in total. The van der Waals surface area contributed by atoms with Crippen molar-refractivity contribution in [2.45, 2.75) is 27.7 Å². The molecule has 4 heterocycles. The van der Waals surface area contributed by atoms with Crippen molar-refractivity contribution < 1.29 is 0 Å². The van der Waals surface area contributed by atoms with Crippen LogP contribution < -0.4 is 20.7 Å². The Balaban J connectivity index is 1.39. The fourth-order valence-electron chi connectivity index (χ4n) is 9.41. The van der Waals surface area contributed by atoms with E-state index in [0.29, 0.717) is 0 Å². The van der Waals surface area contributed by atoms with Gasteiger partial charge in [-0.05, 0) is 102 Å². The molecule has 1 aliphatic rings. The first-order valence-electron chi connectivity index (χ1n) is 18.8. The third kappa shape index (κ3) is 4.27. The topological polar surface area (TPSA) is 9.86 Å². The molecule has 0 bridgehead atoms. The quantitative estimate of drug-likeness (QED) is 0.160. The number of aryl methyl sites for hydroxylation is 4. The van der Waals surface area contributed by atoms with E-state index < -0.39 is 8.07 Å². The Morgan fingerprint density at radius 2 is 1.00 bits per heavy atom. The Morgan fingerprint density at radius 3 is 1.65 bits per heavy atom. The first-order chi connectivity index (χ1) is 26.4. The second-order valence-electron chi connectivity index (χ2n) is 15.3. The summed E-state index contributed by atoms with van der Waals surface area (Å²) in [6.07, 6.45) is 0. The zero-order valence-corrected chi connectivity index (χ0v) is 32.6. The molecule has 0 aliphatic carbocycles. The lowest BCUT2D eigenvalue weighted by Gasteiger charge is -2.31. The molecule has 3 aromatic heterocycles.